The molecule has 2 nitrogen and oxygen atoms in total. The molecular formula is C57H43NO. The largest absolute Gasteiger partial charge is 0.456 e. The Kier molecular flexibility index (Phi) is 7.17. The molecule has 5 atom stereocenters. The predicted molar refractivity (Wildman–Crippen MR) is 243 cm³/mol. The Balaban J connectivity index is 1.06. The summed E-state index contributed by atoms with van der Waals surface area (Å²) in [4.78, 5) is 2.49. The van der Waals surface area contributed by atoms with Gasteiger partial charge in [0.05, 0.1) is 5.69 Å². The number of nitrogens with zero attached hydrogens (tertiary/aromatic N) is 1. The van der Waals surface area contributed by atoms with Crippen LogP contribution in [-0.2, 0) is 5.41 Å². The molecule has 0 aliphatic heterocycles. The third-order valence-electron chi connectivity index (χ3n) is 14.8. The fourth-order valence-electron chi connectivity index (χ4n) is 12.6. The van der Waals surface area contributed by atoms with Crippen LogP contribution in [0.1, 0.15) is 36.8 Å². The van der Waals surface area contributed by atoms with E-state index in [9.17, 15) is 0 Å². The van der Waals surface area contributed by atoms with Gasteiger partial charge in [0.15, 0.2) is 0 Å². The highest BCUT2D eigenvalue weighted by Crippen LogP contribution is 2.73. The van der Waals surface area contributed by atoms with E-state index in [0.29, 0.717) is 5.92 Å². The molecule has 282 valence electrons. The third-order valence-corrected chi connectivity index (χ3v) is 14.8. The van der Waals surface area contributed by atoms with Gasteiger partial charge in [0.1, 0.15) is 11.2 Å². The highest BCUT2D eigenvalue weighted by Gasteiger charge is 2.66. The van der Waals surface area contributed by atoms with Crippen molar-refractivity contribution >= 4 is 39.0 Å². The lowest BCUT2D eigenvalue weighted by Gasteiger charge is -2.44. The maximum atomic E-state index is 6.58. The molecule has 0 amide bonds. The highest BCUT2D eigenvalue weighted by molar-refractivity contribution is 6.06. The monoisotopic (exact) mass is 757 g/mol. The number of hydrogen-bond acceptors (Lipinski definition) is 2. The average Bonchev–Trinajstić information content (AvgIpc) is 3.98. The minimum Gasteiger partial charge on any atom is -0.456 e. The zero-order chi connectivity index (χ0) is 38.7. The van der Waals surface area contributed by atoms with Crippen molar-refractivity contribution in [3.63, 3.8) is 0 Å². The van der Waals surface area contributed by atoms with Gasteiger partial charge in [0.2, 0.25) is 0 Å². The van der Waals surface area contributed by atoms with Crippen molar-refractivity contribution in [2.45, 2.75) is 31.1 Å². The van der Waals surface area contributed by atoms with E-state index >= 15 is 0 Å². The van der Waals surface area contributed by atoms with Crippen LogP contribution in [0.15, 0.2) is 192 Å². The van der Waals surface area contributed by atoms with Crippen molar-refractivity contribution in [1.29, 1.82) is 0 Å². The van der Waals surface area contributed by atoms with Gasteiger partial charge in [0, 0.05) is 39.2 Å². The second-order valence-electron chi connectivity index (χ2n) is 17.7. The van der Waals surface area contributed by atoms with E-state index in [1.807, 2.05) is 0 Å². The first kappa shape index (κ1) is 33.3. The van der Waals surface area contributed by atoms with Crippen molar-refractivity contribution in [3.8, 4) is 44.5 Å². The summed E-state index contributed by atoms with van der Waals surface area (Å²) in [5.74, 6) is 3.18. The topological polar surface area (TPSA) is 16.4 Å². The van der Waals surface area contributed by atoms with E-state index < -0.39 is 0 Å². The quantitative estimate of drug-likeness (QED) is 0.168. The summed E-state index contributed by atoms with van der Waals surface area (Å²) in [6, 6.07) is 69.8. The van der Waals surface area contributed by atoms with E-state index in [0.717, 1.165) is 56.8 Å². The van der Waals surface area contributed by atoms with Gasteiger partial charge in [-0.1, -0.05) is 133 Å². The molecule has 14 rings (SSSR count). The number of fused-ring (bicyclic) bond motifs is 6. The van der Waals surface area contributed by atoms with Crippen LogP contribution in [0.5, 0.6) is 0 Å². The molecule has 5 aliphatic carbocycles. The number of furan rings is 1. The zero-order valence-electron chi connectivity index (χ0n) is 32.9. The van der Waals surface area contributed by atoms with Crippen molar-refractivity contribution in [3.05, 3.63) is 199 Å². The van der Waals surface area contributed by atoms with Crippen molar-refractivity contribution in [1.82, 2.24) is 0 Å². The first-order chi connectivity index (χ1) is 29.2. The van der Waals surface area contributed by atoms with Crippen molar-refractivity contribution in [2.75, 3.05) is 4.90 Å². The summed E-state index contributed by atoms with van der Waals surface area (Å²) >= 11 is 0. The number of hydrogen-bond donors (Lipinski definition) is 0. The molecule has 5 unspecified atom stereocenters. The van der Waals surface area contributed by atoms with Gasteiger partial charge in [-0.05, 0) is 148 Å². The molecule has 4 bridgehead atoms. The molecule has 0 radical (unpaired) electrons. The second-order valence-corrected chi connectivity index (χ2v) is 17.7. The molecule has 1 aromatic heterocycles. The van der Waals surface area contributed by atoms with Crippen LogP contribution in [0, 0.1) is 23.7 Å². The highest BCUT2D eigenvalue weighted by atomic mass is 16.3. The molecule has 4 fully saturated rings. The number of benzene rings is 8. The van der Waals surface area contributed by atoms with E-state index in [4.69, 9.17) is 4.42 Å². The van der Waals surface area contributed by atoms with Gasteiger partial charge in [-0.3, -0.25) is 0 Å². The van der Waals surface area contributed by atoms with Crippen LogP contribution < -0.4 is 4.90 Å². The zero-order valence-corrected chi connectivity index (χ0v) is 32.9. The Labute approximate surface area is 345 Å². The lowest BCUT2D eigenvalue weighted by molar-refractivity contribution is 0.191. The smallest absolute Gasteiger partial charge is 0.137 e. The lowest BCUT2D eigenvalue weighted by Crippen LogP contribution is -2.40. The van der Waals surface area contributed by atoms with E-state index in [2.05, 4.69) is 193 Å². The van der Waals surface area contributed by atoms with E-state index in [1.54, 1.807) is 11.1 Å². The SMILES string of the molecule is c1ccc(-c2ccc(N(c3ccc4c(c3)-c3cc(-c5ccccc5)ccc3C43C4CC5CC(C4)C3C5)c3ccc4c(c3)oc3ccccc34)c(-c3ccccc3)c2)cc1. The summed E-state index contributed by atoms with van der Waals surface area (Å²) in [7, 11) is 0. The molecule has 1 spiro atoms. The van der Waals surface area contributed by atoms with Crippen molar-refractivity contribution in [2.24, 2.45) is 23.7 Å². The first-order valence-corrected chi connectivity index (χ1v) is 21.5. The maximum Gasteiger partial charge on any atom is 0.137 e. The molecule has 59 heavy (non-hydrogen) atoms. The third kappa shape index (κ3) is 4.87. The first-order valence-electron chi connectivity index (χ1n) is 21.5. The summed E-state index contributed by atoms with van der Waals surface area (Å²) < 4.78 is 6.58. The minimum atomic E-state index is 0.0978. The Bertz CT molecular complexity index is 3090. The fourth-order valence-corrected chi connectivity index (χ4v) is 12.6. The summed E-state index contributed by atoms with van der Waals surface area (Å²) in [6.07, 6.45) is 5.54. The van der Waals surface area contributed by atoms with Gasteiger partial charge in [0.25, 0.3) is 0 Å². The van der Waals surface area contributed by atoms with E-state index in [1.165, 1.54) is 70.2 Å². The molecule has 4 saturated carbocycles. The number of rotatable bonds is 6. The van der Waals surface area contributed by atoms with Gasteiger partial charge < -0.3 is 9.32 Å². The van der Waals surface area contributed by atoms with Crippen molar-refractivity contribution < 1.29 is 4.42 Å². The molecule has 5 aliphatic rings. The van der Waals surface area contributed by atoms with Crippen LogP contribution in [0.25, 0.3) is 66.4 Å². The van der Waals surface area contributed by atoms with Crippen LogP contribution in [0.2, 0.25) is 0 Å². The molecular weight excluding hydrogens is 715 g/mol. The molecule has 1 heterocycles. The molecule has 0 saturated heterocycles. The Hall–Kier alpha value is -6.64. The fraction of sp³-hybridized carbons (Fsp3) is 0.158. The maximum absolute atomic E-state index is 6.58. The summed E-state index contributed by atoms with van der Waals surface area (Å²) in [5, 5.41) is 2.28. The standard InChI is InChI=1S/C57H43NO/c1-4-12-37(13-5-1)40-20-25-51-49(33-40)50-34-44(23-26-52(50)57(51)43-29-36-28-42(31-43)53(57)30-36)58(45-22-24-47-46-18-10-11-19-55(46)59-56(47)35-45)54-27-21-41(38-14-6-2-7-15-38)32-48(54)39-16-8-3-9-17-39/h1-27,32-36,42-43,53H,28-31H2. The molecule has 2 heteroatoms. The van der Waals surface area contributed by atoms with Crippen LogP contribution in [0.3, 0.4) is 0 Å². The molecule has 9 aromatic rings. The predicted octanol–water partition coefficient (Wildman–Crippen LogP) is 15.4. The average molecular weight is 758 g/mol. The van der Waals surface area contributed by atoms with E-state index in [-0.39, 0.29) is 5.41 Å². The van der Waals surface area contributed by atoms with Gasteiger partial charge in [-0.15, -0.1) is 0 Å². The normalized spacial score (nSPS) is 22.0. The number of anilines is 3. The second kappa shape index (κ2) is 12.7. The van der Waals surface area contributed by atoms with Gasteiger partial charge in [-0.2, -0.15) is 0 Å². The Morgan fingerprint density at radius 1 is 0.424 bits per heavy atom. The molecule has 8 aromatic carbocycles. The van der Waals surface area contributed by atoms with Gasteiger partial charge in [-0.25, -0.2) is 0 Å². The summed E-state index contributed by atoms with van der Waals surface area (Å²) in [6.45, 7) is 0. The summed E-state index contributed by atoms with van der Waals surface area (Å²) in [5.41, 5.74) is 18.6. The van der Waals surface area contributed by atoms with Crippen LogP contribution >= 0.6 is 0 Å². The Morgan fingerprint density at radius 3 is 1.76 bits per heavy atom. The van der Waals surface area contributed by atoms with Crippen LogP contribution in [0.4, 0.5) is 17.1 Å². The Morgan fingerprint density at radius 2 is 1.02 bits per heavy atom. The lowest BCUT2D eigenvalue weighted by atomic mass is 9.59. The molecule has 0 N–H and O–H groups in total. The van der Waals surface area contributed by atoms with Crippen LogP contribution in [-0.4, -0.2) is 0 Å². The number of para-hydroxylation sites is 1. The minimum absolute atomic E-state index is 0.0978. The van der Waals surface area contributed by atoms with Gasteiger partial charge >= 0.3 is 0 Å².